The van der Waals surface area contributed by atoms with Gasteiger partial charge in [0, 0.05) is 16.6 Å². The molecule has 0 aliphatic carbocycles. The number of halogens is 3. The van der Waals surface area contributed by atoms with E-state index in [1.165, 1.54) is 12.1 Å². The maximum atomic E-state index is 12.7. The molecule has 4 rings (SSSR count). The summed E-state index contributed by atoms with van der Waals surface area (Å²) < 4.78 is 38.0. The second-order valence-electron chi connectivity index (χ2n) is 5.51. The lowest BCUT2D eigenvalue weighted by atomic mass is 10.1. The Balaban J connectivity index is 1.84. The highest BCUT2D eigenvalue weighted by atomic mass is 19.4. The normalized spacial score (nSPS) is 12.1. The minimum atomic E-state index is -4.31. The van der Waals surface area contributed by atoms with Crippen LogP contribution in [0.1, 0.15) is 5.56 Å². The Morgan fingerprint density at radius 3 is 2.22 bits per heavy atom. The molecular weight excluding hydrogens is 299 g/mol. The van der Waals surface area contributed by atoms with Crippen LogP contribution < -0.4 is 0 Å². The van der Waals surface area contributed by atoms with Gasteiger partial charge in [-0.15, -0.1) is 0 Å². The minimum Gasteiger partial charge on any atom is -0.355 e. The molecule has 0 spiro atoms. The van der Waals surface area contributed by atoms with Crippen LogP contribution >= 0.6 is 0 Å². The van der Waals surface area contributed by atoms with Crippen molar-refractivity contribution >= 4 is 21.7 Å². The first-order chi connectivity index (χ1) is 11.0. The zero-order chi connectivity index (χ0) is 16.0. The molecule has 0 aliphatic rings. The Morgan fingerprint density at radius 2 is 1.48 bits per heavy atom. The number of aromatic amines is 1. The quantitative estimate of drug-likeness (QED) is 0.443. The third kappa shape index (κ3) is 2.36. The zero-order valence-corrected chi connectivity index (χ0v) is 12.0. The molecule has 0 unspecified atom stereocenters. The third-order valence-electron chi connectivity index (χ3n) is 4.05. The van der Waals surface area contributed by atoms with Gasteiger partial charge in [0.1, 0.15) is 0 Å². The van der Waals surface area contributed by atoms with Crippen molar-refractivity contribution in [3.63, 3.8) is 0 Å². The minimum absolute atomic E-state index is 0.636. The lowest BCUT2D eigenvalue weighted by molar-refractivity contribution is -0.137. The van der Waals surface area contributed by atoms with Crippen molar-refractivity contribution in [1.29, 1.82) is 0 Å². The summed E-state index contributed by atoms with van der Waals surface area (Å²) in [5.41, 5.74) is 1.88. The second kappa shape index (κ2) is 4.88. The summed E-state index contributed by atoms with van der Waals surface area (Å²) in [6.45, 7) is 0. The molecule has 4 aromatic rings. The van der Waals surface area contributed by atoms with E-state index in [1.54, 1.807) is 0 Å². The van der Waals surface area contributed by atoms with Crippen LogP contribution in [0.2, 0.25) is 0 Å². The van der Waals surface area contributed by atoms with Crippen molar-refractivity contribution in [2.75, 3.05) is 0 Å². The smallest absolute Gasteiger partial charge is 0.355 e. The SMILES string of the molecule is FC(F)(F)c1ccc(-c2cc3c(ccc4ccccc43)[nH]2)cc1. The fourth-order valence-electron chi connectivity index (χ4n) is 2.88. The molecule has 0 saturated heterocycles. The van der Waals surface area contributed by atoms with Crippen LogP contribution in [-0.4, -0.2) is 4.98 Å². The zero-order valence-electron chi connectivity index (χ0n) is 12.0. The van der Waals surface area contributed by atoms with Crippen molar-refractivity contribution in [2.24, 2.45) is 0 Å². The van der Waals surface area contributed by atoms with Gasteiger partial charge in [0.15, 0.2) is 0 Å². The van der Waals surface area contributed by atoms with Crippen molar-refractivity contribution in [2.45, 2.75) is 6.18 Å². The predicted molar refractivity (Wildman–Crippen MR) is 86.2 cm³/mol. The van der Waals surface area contributed by atoms with Gasteiger partial charge in [-0.2, -0.15) is 13.2 Å². The Labute approximate surface area is 130 Å². The van der Waals surface area contributed by atoms with E-state index in [0.717, 1.165) is 45.1 Å². The summed E-state index contributed by atoms with van der Waals surface area (Å²) in [4.78, 5) is 3.28. The number of alkyl halides is 3. The van der Waals surface area contributed by atoms with Crippen molar-refractivity contribution in [1.82, 2.24) is 4.98 Å². The largest absolute Gasteiger partial charge is 0.416 e. The van der Waals surface area contributed by atoms with E-state index in [0.29, 0.717) is 0 Å². The first-order valence-corrected chi connectivity index (χ1v) is 7.20. The highest BCUT2D eigenvalue weighted by molar-refractivity contribution is 6.08. The van der Waals surface area contributed by atoms with Crippen LogP contribution in [0, 0.1) is 0 Å². The van der Waals surface area contributed by atoms with E-state index in [1.807, 2.05) is 42.5 Å². The summed E-state index contributed by atoms with van der Waals surface area (Å²) in [6.07, 6.45) is -4.31. The summed E-state index contributed by atoms with van der Waals surface area (Å²) in [6, 6.07) is 19.3. The summed E-state index contributed by atoms with van der Waals surface area (Å²) in [5, 5.41) is 3.33. The lowest BCUT2D eigenvalue weighted by Crippen LogP contribution is -2.03. The highest BCUT2D eigenvalue weighted by Gasteiger charge is 2.30. The number of fused-ring (bicyclic) bond motifs is 3. The van der Waals surface area contributed by atoms with E-state index < -0.39 is 11.7 Å². The van der Waals surface area contributed by atoms with Crippen LogP contribution in [0.3, 0.4) is 0 Å². The van der Waals surface area contributed by atoms with Gasteiger partial charge in [-0.1, -0.05) is 42.5 Å². The number of rotatable bonds is 1. The van der Waals surface area contributed by atoms with Gasteiger partial charge in [0.25, 0.3) is 0 Å². The number of H-pyrrole nitrogens is 1. The molecule has 1 N–H and O–H groups in total. The fraction of sp³-hybridized carbons (Fsp3) is 0.0526. The number of hydrogen-bond donors (Lipinski definition) is 1. The highest BCUT2D eigenvalue weighted by Crippen LogP contribution is 2.33. The van der Waals surface area contributed by atoms with Crippen LogP contribution in [0.5, 0.6) is 0 Å². The van der Waals surface area contributed by atoms with Crippen molar-refractivity contribution in [3.8, 4) is 11.3 Å². The van der Waals surface area contributed by atoms with Crippen LogP contribution in [0.25, 0.3) is 32.9 Å². The molecule has 0 amide bonds. The van der Waals surface area contributed by atoms with Gasteiger partial charge in [-0.3, -0.25) is 0 Å². The van der Waals surface area contributed by atoms with E-state index in [9.17, 15) is 13.2 Å². The molecular formula is C19H12F3N. The van der Waals surface area contributed by atoms with Gasteiger partial charge < -0.3 is 4.98 Å². The molecule has 1 aromatic heterocycles. The summed E-state index contributed by atoms with van der Waals surface area (Å²) >= 11 is 0. The second-order valence-corrected chi connectivity index (χ2v) is 5.51. The lowest BCUT2D eigenvalue weighted by Gasteiger charge is -2.06. The monoisotopic (exact) mass is 311 g/mol. The molecule has 0 aliphatic heterocycles. The standard InChI is InChI=1S/C19H12F3N/c20-19(21,22)14-8-5-13(6-9-14)18-11-16-15-4-2-1-3-12(15)7-10-17(16)23-18/h1-11,23H. The predicted octanol–water partition coefficient (Wildman–Crippen LogP) is 6.01. The van der Waals surface area contributed by atoms with E-state index in [-0.39, 0.29) is 0 Å². The Morgan fingerprint density at radius 1 is 0.739 bits per heavy atom. The van der Waals surface area contributed by atoms with Gasteiger partial charge in [-0.05, 0) is 40.6 Å². The average Bonchev–Trinajstić information content (AvgIpc) is 2.99. The van der Waals surface area contributed by atoms with Crippen LogP contribution in [-0.2, 0) is 6.18 Å². The number of aromatic nitrogens is 1. The van der Waals surface area contributed by atoms with E-state index >= 15 is 0 Å². The maximum absolute atomic E-state index is 12.7. The number of benzene rings is 3. The fourth-order valence-corrected chi connectivity index (χ4v) is 2.88. The van der Waals surface area contributed by atoms with E-state index in [2.05, 4.69) is 4.98 Å². The first-order valence-electron chi connectivity index (χ1n) is 7.20. The molecule has 0 atom stereocenters. The van der Waals surface area contributed by atoms with E-state index in [4.69, 9.17) is 0 Å². The topological polar surface area (TPSA) is 15.8 Å². The molecule has 4 heteroatoms. The third-order valence-corrected chi connectivity index (χ3v) is 4.05. The van der Waals surface area contributed by atoms with Gasteiger partial charge >= 0.3 is 6.18 Å². The van der Waals surface area contributed by atoms with Crippen LogP contribution in [0.4, 0.5) is 13.2 Å². The van der Waals surface area contributed by atoms with Gasteiger partial charge in [0.05, 0.1) is 5.56 Å². The molecule has 0 bridgehead atoms. The van der Waals surface area contributed by atoms with Crippen molar-refractivity contribution in [3.05, 3.63) is 72.3 Å². The summed E-state index contributed by atoms with van der Waals surface area (Å²) in [5.74, 6) is 0. The Hall–Kier alpha value is -2.75. The molecule has 0 radical (unpaired) electrons. The molecule has 3 aromatic carbocycles. The Kier molecular flexibility index (Phi) is 2.94. The molecule has 1 nitrogen and oxygen atoms in total. The molecule has 0 saturated carbocycles. The molecule has 23 heavy (non-hydrogen) atoms. The van der Waals surface area contributed by atoms with Gasteiger partial charge in [-0.25, -0.2) is 0 Å². The number of hydrogen-bond acceptors (Lipinski definition) is 0. The summed E-state index contributed by atoms with van der Waals surface area (Å²) in [7, 11) is 0. The number of nitrogens with one attached hydrogen (secondary N) is 1. The maximum Gasteiger partial charge on any atom is 0.416 e. The van der Waals surface area contributed by atoms with Crippen LogP contribution in [0.15, 0.2) is 66.7 Å². The molecule has 114 valence electrons. The van der Waals surface area contributed by atoms with Gasteiger partial charge in [0.2, 0.25) is 0 Å². The van der Waals surface area contributed by atoms with Crippen molar-refractivity contribution < 1.29 is 13.2 Å². The Bertz CT molecular complexity index is 995. The molecule has 0 fully saturated rings. The average molecular weight is 311 g/mol. The first kappa shape index (κ1) is 13.9. The molecule has 1 heterocycles.